The number of aliphatic hydroxyl groups is 1. The molecule has 9 heteroatoms. The zero-order valence-electron chi connectivity index (χ0n) is 14.9. The minimum atomic E-state index is -5.95. The van der Waals surface area contributed by atoms with Gasteiger partial charge in [0.25, 0.3) is 5.60 Å². The molecule has 1 amide bonds. The zero-order chi connectivity index (χ0) is 20.6. The van der Waals surface area contributed by atoms with Crippen LogP contribution in [0.3, 0.4) is 0 Å². The molecule has 1 fully saturated rings. The molecule has 3 nitrogen and oxygen atoms in total. The number of aryl methyl sites for hydroxylation is 2. The van der Waals surface area contributed by atoms with Crippen molar-refractivity contribution in [3.05, 3.63) is 28.8 Å². The van der Waals surface area contributed by atoms with Crippen LogP contribution in [-0.2, 0) is 10.4 Å². The van der Waals surface area contributed by atoms with E-state index < -0.39 is 23.5 Å². The molecule has 1 aromatic carbocycles. The molecule has 2 N–H and O–H groups in total. The van der Waals surface area contributed by atoms with Gasteiger partial charge in [0.05, 0.1) is 0 Å². The highest BCUT2D eigenvalue weighted by molar-refractivity contribution is 5.94. The highest BCUT2D eigenvalue weighted by atomic mass is 19.4. The van der Waals surface area contributed by atoms with Crippen LogP contribution in [0.15, 0.2) is 12.1 Å². The molecule has 0 heterocycles. The van der Waals surface area contributed by atoms with E-state index in [0.29, 0.717) is 25.0 Å². The summed E-state index contributed by atoms with van der Waals surface area (Å²) in [4.78, 5) is 12.4. The Balaban J connectivity index is 2.40. The van der Waals surface area contributed by atoms with Gasteiger partial charge in [-0.25, -0.2) is 0 Å². The van der Waals surface area contributed by atoms with Gasteiger partial charge in [-0.05, 0) is 37.8 Å². The maximum absolute atomic E-state index is 13.1. The first-order valence-corrected chi connectivity index (χ1v) is 8.57. The summed E-state index contributed by atoms with van der Waals surface area (Å²) in [6, 6.07) is 1.23. The molecule has 0 radical (unpaired) electrons. The smallest absolute Gasteiger partial charge is 0.369 e. The fraction of sp³-hybridized carbons (Fsp3) is 0.611. The number of alkyl halides is 6. The summed E-state index contributed by atoms with van der Waals surface area (Å²) in [5, 5.41) is 12.2. The summed E-state index contributed by atoms with van der Waals surface area (Å²) in [5.74, 6) is -0.518. The van der Waals surface area contributed by atoms with Gasteiger partial charge in [0.1, 0.15) is 0 Å². The lowest BCUT2D eigenvalue weighted by atomic mass is 9.87. The van der Waals surface area contributed by atoms with E-state index >= 15 is 0 Å². The average molecular weight is 397 g/mol. The minimum absolute atomic E-state index is 0.0149. The Hall–Kier alpha value is -1.77. The third kappa shape index (κ3) is 4.07. The predicted molar refractivity (Wildman–Crippen MR) is 87.1 cm³/mol. The van der Waals surface area contributed by atoms with Gasteiger partial charge in [-0.15, -0.1) is 0 Å². The van der Waals surface area contributed by atoms with E-state index in [4.69, 9.17) is 0 Å². The van der Waals surface area contributed by atoms with Gasteiger partial charge in [-0.3, -0.25) is 4.79 Å². The molecule has 0 aliphatic heterocycles. The summed E-state index contributed by atoms with van der Waals surface area (Å²) in [7, 11) is 0. The van der Waals surface area contributed by atoms with Crippen LogP contribution in [-0.4, -0.2) is 23.4 Å². The molecular weight excluding hydrogens is 376 g/mol. The highest BCUT2D eigenvalue weighted by Gasteiger charge is 2.71. The molecule has 152 valence electrons. The topological polar surface area (TPSA) is 49.3 Å². The Morgan fingerprint density at radius 3 is 1.81 bits per heavy atom. The maximum Gasteiger partial charge on any atom is 0.430 e. The van der Waals surface area contributed by atoms with E-state index in [9.17, 15) is 36.2 Å². The predicted octanol–water partition coefficient (Wildman–Crippen LogP) is 5.13. The Morgan fingerprint density at radius 2 is 1.41 bits per heavy atom. The first-order valence-electron chi connectivity index (χ1n) is 8.57. The Morgan fingerprint density at radius 1 is 0.963 bits per heavy atom. The van der Waals surface area contributed by atoms with Crippen molar-refractivity contribution in [1.82, 2.24) is 0 Å². The van der Waals surface area contributed by atoms with Crippen LogP contribution in [0.4, 0.5) is 32.0 Å². The monoisotopic (exact) mass is 397 g/mol. The number of carbonyl (C=O) groups excluding carboxylic acids is 1. The van der Waals surface area contributed by atoms with Crippen molar-refractivity contribution in [2.75, 3.05) is 5.32 Å². The summed E-state index contributed by atoms with van der Waals surface area (Å²) in [5.41, 5.74) is -6.11. The molecule has 0 unspecified atom stereocenters. The molecule has 1 saturated carbocycles. The van der Waals surface area contributed by atoms with E-state index in [0.717, 1.165) is 19.3 Å². The second-order valence-corrected chi connectivity index (χ2v) is 7.02. The van der Waals surface area contributed by atoms with Gasteiger partial charge in [0, 0.05) is 17.2 Å². The second kappa shape index (κ2) is 7.33. The first kappa shape index (κ1) is 21.5. The van der Waals surface area contributed by atoms with Crippen LogP contribution in [0.25, 0.3) is 0 Å². The summed E-state index contributed by atoms with van der Waals surface area (Å²) in [6.07, 6.45) is -7.66. The van der Waals surface area contributed by atoms with Crippen LogP contribution in [0, 0.1) is 19.8 Å². The van der Waals surface area contributed by atoms with Gasteiger partial charge < -0.3 is 10.4 Å². The van der Waals surface area contributed by atoms with E-state index in [1.165, 1.54) is 13.8 Å². The number of hydrogen-bond donors (Lipinski definition) is 2. The highest BCUT2D eigenvalue weighted by Crippen LogP contribution is 2.50. The van der Waals surface area contributed by atoms with Crippen LogP contribution in [0.5, 0.6) is 0 Å². The Labute approximate surface area is 152 Å². The van der Waals surface area contributed by atoms with Crippen molar-refractivity contribution in [1.29, 1.82) is 0 Å². The standard InChI is InChI=1S/C18H21F6NO2/c1-10-8-13(16(27,17(19,20)21)18(22,23)24)9-11(2)14(10)25-15(26)12-6-4-3-5-7-12/h8-9,12,27H,3-7H2,1-2H3,(H,25,26). The molecule has 1 aliphatic carbocycles. The maximum atomic E-state index is 13.1. The van der Waals surface area contributed by atoms with E-state index in [1.54, 1.807) is 0 Å². The van der Waals surface area contributed by atoms with Gasteiger partial charge in [0.2, 0.25) is 5.91 Å². The normalized spacial score (nSPS) is 17.1. The van der Waals surface area contributed by atoms with Crippen LogP contribution < -0.4 is 5.32 Å². The summed E-state index contributed by atoms with van der Waals surface area (Å²) < 4.78 is 78.4. The van der Waals surface area contributed by atoms with Crippen molar-refractivity contribution in [3.8, 4) is 0 Å². The number of carbonyl (C=O) groups is 1. The van der Waals surface area contributed by atoms with Gasteiger partial charge >= 0.3 is 12.4 Å². The lowest BCUT2D eigenvalue weighted by Gasteiger charge is -2.33. The minimum Gasteiger partial charge on any atom is -0.369 e. The fourth-order valence-corrected chi connectivity index (χ4v) is 3.45. The van der Waals surface area contributed by atoms with Crippen molar-refractivity contribution in [2.45, 2.75) is 63.9 Å². The van der Waals surface area contributed by atoms with Gasteiger partial charge in [0.15, 0.2) is 0 Å². The SMILES string of the molecule is Cc1cc(C(O)(C(F)(F)F)C(F)(F)F)cc(C)c1NC(=O)C1CCCCC1. The number of anilines is 1. The molecule has 0 saturated heterocycles. The molecule has 27 heavy (non-hydrogen) atoms. The quantitative estimate of drug-likeness (QED) is 0.695. The van der Waals surface area contributed by atoms with Crippen molar-refractivity contribution >= 4 is 11.6 Å². The lowest BCUT2D eigenvalue weighted by Crippen LogP contribution is -2.54. The largest absolute Gasteiger partial charge is 0.430 e. The number of hydrogen-bond acceptors (Lipinski definition) is 2. The molecule has 0 aromatic heterocycles. The Bertz CT molecular complexity index is 668. The average Bonchev–Trinajstić information content (AvgIpc) is 2.55. The van der Waals surface area contributed by atoms with Crippen molar-refractivity contribution in [3.63, 3.8) is 0 Å². The summed E-state index contributed by atoms with van der Waals surface area (Å²) >= 11 is 0. The first-order chi connectivity index (χ1) is 12.3. The van der Waals surface area contributed by atoms with Crippen LogP contribution in [0.1, 0.15) is 48.8 Å². The van der Waals surface area contributed by atoms with Gasteiger partial charge in [-0.2, -0.15) is 26.3 Å². The number of nitrogens with one attached hydrogen (secondary N) is 1. The molecule has 1 aliphatic rings. The molecule has 1 aromatic rings. The zero-order valence-corrected chi connectivity index (χ0v) is 14.9. The summed E-state index contributed by atoms with van der Waals surface area (Å²) in [6.45, 7) is 2.58. The van der Waals surface area contributed by atoms with Gasteiger partial charge in [-0.1, -0.05) is 31.4 Å². The molecule has 0 atom stereocenters. The van der Waals surface area contributed by atoms with Crippen molar-refractivity contribution in [2.24, 2.45) is 5.92 Å². The molecule has 0 bridgehead atoms. The third-order valence-electron chi connectivity index (χ3n) is 5.00. The molecular formula is C18H21F6NO2. The van der Waals surface area contributed by atoms with E-state index in [2.05, 4.69) is 5.32 Å². The number of rotatable bonds is 3. The van der Waals surface area contributed by atoms with Crippen LogP contribution >= 0.6 is 0 Å². The lowest BCUT2D eigenvalue weighted by molar-refractivity contribution is -0.376. The van der Waals surface area contributed by atoms with Crippen LogP contribution in [0.2, 0.25) is 0 Å². The third-order valence-corrected chi connectivity index (χ3v) is 5.00. The molecule has 2 rings (SSSR count). The van der Waals surface area contributed by atoms with E-state index in [1.807, 2.05) is 0 Å². The fourth-order valence-electron chi connectivity index (χ4n) is 3.45. The number of benzene rings is 1. The molecule has 0 spiro atoms. The Kier molecular flexibility index (Phi) is 5.85. The number of halogens is 6. The van der Waals surface area contributed by atoms with E-state index in [-0.39, 0.29) is 28.6 Å². The van der Waals surface area contributed by atoms with Crippen molar-refractivity contribution < 1.29 is 36.2 Å². The second-order valence-electron chi connectivity index (χ2n) is 7.02. The number of amides is 1.